The number of pyridine rings is 1. The largest absolute Gasteiger partial charge is 0.497 e. The molecular formula is C24H28N4O. The van der Waals surface area contributed by atoms with Crippen molar-refractivity contribution in [1.82, 2.24) is 20.7 Å². The lowest BCUT2D eigenvalue weighted by Gasteiger charge is -2.32. The third-order valence-corrected chi connectivity index (χ3v) is 6.49. The molecule has 0 aliphatic carbocycles. The minimum atomic E-state index is 0.387. The van der Waals surface area contributed by atoms with Crippen molar-refractivity contribution in [3.8, 4) is 5.75 Å². The number of rotatable bonds is 5. The molecule has 2 saturated heterocycles. The first-order valence-electron chi connectivity index (χ1n) is 10.5. The minimum Gasteiger partial charge on any atom is -0.497 e. The minimum absolute atomic E-state index is 0.387. The van der Waals surface area contributed by atoms with E-state index in [9.17, 15) is 0 Å². The number of benzene rings is 2. The summed E-state index contributed by atoms with van der Waals surface area (Å²) in [4.78, 5) is 7.18. The highest BCUT2D eigenvalue weighted by atomic mass is 16.5. The number of methoxy groups -OCH3 is 1. The average molecular weight is 389 g/mol. The lowest BCUT2D eigenvalue weighted by Crippen LogP contribution is -2.47. The van der Waals surface area contributed by atoms with E-state index in [0.717, 1.165) is 30.9 Å². The molecule has 2 aliphatic rings. The molecule has 3 aromatic rings. The number of nitrogens with zero attached hydrogens (tertiary/aromatic N) is 2. The SMILES string of the molecule is COc1cccc(C2CNNC2C2CCCN2Cc2ccnc3ccccc23)c1. The molecule has 0 amide bonds. The van der Waals surface area contributed by atoms with Crippen molar-refractivity contribution in [3.05, 3.63) is 71.9 Å². The lowest BCUT2D eigenvalue weighted by atomic mass is 9.87. The van der Waals surface area contributed by atoms with Crippen LogP contribution in [0, 0.1) is 0 Å². The number of nitrogens with one attached hydrogen (secondary N) is 2. The first kappa shape index (κ1) is 18.6. The number of para-hydroxylation sites is 1. The Bertz CT molecular complexity index is 986. The molecule has 3 unspecified atom stereocenters. The number of hydrogen-bond donors (Lipinski definition) is 2. The molecule has 29 heavy (non-hydrogen) atoms. The number of hydrogen-bond acceptors (Lipinski definition) is 5. The number of likely N-dealkylation sites (tertiary alicyclic amines) is 1. The molecule has 5 heteroatoms. The summed E-state index contributed by atoms with van der Waals surface area (Å²) >= 11 is 0. The van der Waals surface area contributed by atoms with Gasteiger partial charge in [0.1, 0.15) is 5.75 Å². The Morgan fingerprint density at radius 2 is 2.07 bits per heavy atom. The van der Waals surface area contributed by atoms with Crippen LogP contribution in [0.2, 0.25) is 0 Å². The maximum absolute atomic E-state index is 5.46. The van der Waals surface area contributed by atoms with Gasteiger partial charge < -0.3 is 4.74 Å². The fourth-order valence-corrected chi connectivity index (χ4v) is 5.04. The highest BCUT2D eigenvalue weighted by Gasteiger charge is 2.39. The molecule has 0 spiro atoms. The van der Waals surface area contributed by atoms with Gasteiger partial charge in [-0.3, -0.25) is 20.7 Å². The van der Waals surface area contributed by atoms with E-state index in [2.05, 4.69) is 69.3 Å². The predicted octanol–water partition coefficient (Wildman–Crippen LogP) is 3.47. The van der Waals surface area contributed by atoms with Gasteiger partial charge in [-0.1, -0.05) is 30.3 Å². The van der Waals surface area contributed by atoms with Gasteiger partial charge in [-0.05, 0) is 54.8 Å². The summed E-state index contributed by atoms with van der Waals surface area (Å²) in [5.41, 5.74) is 10.8. The van der Waals surface area contributed by atoms with Crippen LogP contribution in [0.15, 0.2) is 60.8 Å². The fraction of sp³-hybridized carbons (Fsp3) is 0.375. The maximum Gasteiger partial charge on any atom is 0.119 e. The first-order chi connectivity index (χ1) is 14.3. The van der Waals surface area contributed by atoms with Crippen LogP contribution in [0.4, 0.5) is 0 Å². The number of fused-ring (bicyclic) bond motifs is 1. The second kappa shape index (κ2) is 8.11. The van der Waals surface area contributed by atoms with E-state index in [1.807, 2.05) is 12.3 Å². The van der Waals surface area contributed by atoms with E-state index < -0.39 is 0 Å². The molecule has 2 aliphatic heterocycles. The van der Waals surface area contributed by atoms with Crippen LogP contribution in [0.5, 0.6) is 5.75 Å². The molecule has 2 fully saturated rings. The molecule has 150 valence electrons. The Balaban J connectivity index is 1.39. The molecule has 3 atom stereocenters. The predicted molar refractivity (Wildman–Crippen MR) is 116 cm³/mol. The summed E-state index contributed by atoms with van der Waals surface area (Å²) in [6.07, 6.45) is 4.41. The highest BCUT2D eigenvalue weighted by Crippen LogP contribution is 2.33. The zero-order valence-corrected chi connectivity index (χ0v) is 16.8. The molecule has 1 aromatic heterocycles. The topological polar surface area (TPSA) is 49.4 Å². The van der Waals surface area contributed by atoms with Crippen LogP contribution in [-0.2, 0) is 6.54 Å². The summed E-state index contributed by atoms with van der Waals surface area (Å²) in [7, 11) is 1.74. The highest BCUT2D eigenvalue weighted by molar-refractivity contribution is 5.81. The van der Waals surface area contributed by atoms with Crippen molar-refractivity contribution in [3.63, 3.8) is 0 Å². The summed E-state index contributed by atoms with van der Waals surface area (Å²) in [5, 5.41) is 1.27. The zero-order valence-electron chi connectivity index (χ0n) is 16.8. The zero-order chi connectivity index (χ0) is 19.6. The van der Waals surface area contributed by atoms with Gasteiger partial charge in [0.15, 0.2) is 0 Å². The molecule has 2 N–H and O–H groups in total. The monoisotopic (exact) mass is 388 g/mol. The van der Waals surface area contributed by atoms with Gasteiger partial charge in [-0.2, -0.15) is 0 Å². The van der Waals surface area contributed by atoms with E-state index in [4.69, 9.17) is 4.74 Å². The third-order valence-electron chi connectivity index (χ3n) is 6.49. The first-order valence-corrected chi connectivity index (χ1v) is 10.5. The molecular weight excluding hydrogens is 360 g/mol. The van der Waals surface area contributed by atoms with Gasteiger partial charge in [0.25, 0.3) is 0 Å². The van der Waals surface area contributed by atoms with Crippen LogP contribution in [0.25, 0.3) is 10.9 Å². The molecule has 0 bridgehead atoms. The average Bonchev–Trinajstić information content (AvgIpc) is 3.43. The second-order valence-electron chi connectivity index (χ2n) is 8.10. The van der Waals surface area contributed by atoms with Gasteiger partial charge in [-0.25, -0.2) is 0 Å². The van der Waals surface area contributed by atoms with Crippen LogP contribution < -0.4 is 15.6 Å². The molecule has 3 heterocycles. The van der Waals surface area contributed by atoms with E-state index in [1.165, 1.54) is 29.4 Å². The molecule has 2 aromatic carbocycles. The summed E-state index contributed by atoms with van der Waals surface area (Å²) in [6.45, 7) is 3.06. The summed E-state index contributed by atoms with van der Waals surface area (Å²) < 4.78 is 5.46. The summed E-state index contributed by atoms with van der Waals surface area (Å²) in [6, 6.07) is 20.1. The Kier molecular flexibility index (Phi) is 5.19. The Labute approximate surface area is 172 Å². The van der Waals surface area contributed by atoms with Crippen LogP contribution in [-0.4, -0.2) is 42.2 Å². The van der Waals surface area contributed by atoms with Crippen molar-refractivity contribution in [2.24, 2.45) is 0 Å². The van der Waals surface area contributed by atoms with Crippen LogP contribution >= 0.6 is 0 Å². The fourth-order valence-electron chi connectivity index (χ4n) is 5.04. The van der Waals surface area contributed by atoms with Gasteiger partial charge in [-0.15, -0.1) is 0 Å². The number of aromatic nitrogens is 1. The molecule has 0 radical (unpaired) electrons. The van der Waals surface area contributed by atoms with Gasteiger partial charge >= 0.3 is 0 Å². The van der Waals surface area contributed by atoms with Crippen LogP contribution in [0.1, 0.15) is 29.9 Å². The van der Waals surface area contributed by atoms with Crippen molar-refractivity contribution >= 4 is 10.9 Å². The third kappa shape index (κ3) is 3.62. The van der Waals surface area contributed by atoms with E-state index in [1.54, 1.807) is 7.11 Å². The number of ether oxygens (including phenoxy) is 1. The van der Waals surface area contributed by atoms with Crippen molar-refractivity contribution in [2.45, 2.75) is 37.4 Å². The Morgan fingerprint density at radius 3 is 3.00 bits per heavy atom. The molecule has 0 saturated carbocycles. The van der Waals surface area contributed by atoms with Gasteiger partial charge in [0.05, 0.1) is 12.6 Å². The standard InChI is InChI=1S/C24H28N4O/c1-29-19-7-4-6-17(14-19)21-15-26-27-24(21)23-10-5-13-28(23)16-18-11-12-25-22-9-3-2-8-20(18)22/h2-4,6-9,11-12,14,21,23-24,26-27H,5,10,13,15-16H2,1H3. The van der Waals surface area contributed by atoms with Crippen molar-refractivity contribution < 1.29 is 4.74 Å². The van der Waals surface area contributed by atoms with Gasteiger partial charge in [0.2, 0.25) is 0 Å². The summed E-state index contributed by atoms with van der Waals surface area (Å²) in [5.74, 6) is 1.37. The maximum atomic E-state index is 5.46. The normalized spacial score (nSPS) is 24.9. The van der Waals surface area contributed by atoms with E-state index in [0.29, 0.717) is 18.0 Å². The quantitative estimate of drug-likeness (QED) is 0.701. The smallest absolute Gasteiger partial charge is 0.119 e. The van der Waals surface area contributed by atoms with E-state index in [-0.39, 0.29) is 0 Å². The van der Waals surface area contributed by atoms with Gasteiger partial charge in [0, 0.05) is 42.7 Å². The van der Waals surface area contributed by atoms with E-state index >= 15 is 0 Å². The second-order valence-corrected chi connectivity index (χ2v) is 8.10. The van der Waals surface area contributed by atoms with Crippen LogP contribution in [0.3, 0.4) is 0 Å². The number of hydrazine groups is 1. The Morgan fingerprint density at radius 1 is 1.14 bits per heavy atom. The van der Waals surface area contributed by atoms with Crippen molar-refractivity contribution in [2.75, 3.05) is 20.2 Å². The van der Waals surface area contributed by atoms with Crippen molar-refractivity contribution in [1.29, 1.82) is 0 Å². The molecule has 5 nitrogen and oxygen atoms in total. The lowest BCUT2D eigenvalue weighted by molar-refractivity contribution is 0.197. The molecule has 5 rings (SSSR count). The Hall–Kier alpha value is -2.47.